The van der Waals surface area contributed by atoms with Gasteiger partial charge in [-0.1, -0.05) is 66.8 Å². The van der Waals surface area contributed by atoms with Crippen LogP contribution in [0.3, 0.4) is 0 Å². The van der Waals surface area contributed by atoms with Crippen LogP contribution in [0.15, 0.2) is 72.8 Å². The minimum Gasteiger partial charge on any atom is -0.398 e. The van der Waals surface area contributed by atoms with Crippen LogP contribution in [0.25, 0.3) is 11.1 Å². The Hall–Kier alpha value is -2.32. The molecule has 0 aliphatic heterocycles. The molecule has 0 spiro atoms. The molecule has 2 heteroatoms. The van der Waals surface area contributed by atoms with Gasteiger partial charge in [-0.15, -0.1) is 0 Å². The van der Waals surface area contributed by atoms with Gasteiger partial charge in [0, 0.05) is 11.3 Å². The average Bonchev–Trinajstić information content (AvgIpc) is 2.48. The fraction of sp³-hybridized carbons (Fsp3) is 0.111. The second kappa shape index (κ2) is 4.99. The van der Waals surface area contributed by atoms with E-state index in [9.17, 15) is 0 Å². The third kappa shape index (κ3) is 2.15. The van der Waals surface area contributed by atoms with E-state index in [0.29, 0.717) is 0 Å². The summed E-state index contributed by atoms with van der Waals surface area (Å²) in [6.45, 7) is 0. The Morgan fingerprint density at radius 2 is 1.70 bits per heavy atom. The third-order valence-corrected chi connectivity index (χ3v) is 3.74. The Kier molecular flexibility index (Phi) is 3.17. The molecule has 0 aromatic heterocycles. The highest BCUT2D eigenvalue weighted by Gasteiger charge is 2.29. The van der Waals surface area contributed by atoms with E-state index < -0.39 is 5.54 Å². The lowest BCUT2D eigenvalue weighted by Crippen LogP contribution is -2.36. The largest absolute Gasteiger partial charge is 0.398 e. The lowest BCUT2D eigenvalue weighted by Gasteiger charge is -2.30. The molecule has 1 atom stereocenters. The van der Waals surface area contributed by atoms with Gasteiger partial charge in [-0.05, 0) is 23.6 Å². The maximum Gasteiger partial charge on any atom is 0.0659 e. The molecule has 0 heterocycles. The van der Waals surface area contributed by atoms with E-state index in [1.165, 1.54) is 0 Å². The van der Waals surface area contributed by atoms with Crippen molar-refractivity contribution in [1.29, 1.82) is 0 Å². The molecule has 1 aliphatic rings. The van der Waals surface area contributed by atoms with Crippen LogP contribution in [0.2, 0.25) is 0 Å². The van der Waals surface area contributed by atoms with Crippen LogP contribution in [0.5, 0.6) is 0 Å². The van der Waals surface area contributed by atoms with Crippen molar-refractivity contribution in [2.24, 2.45) is 5.73 Å². The fourth-order valence-electron chi connectivity index (χ4n) is 2.77. The van der Waals surface area contributed by atoms with Crippen molar-refractivity contribution in [3.63, 3.8) is 0 Å². The van der Waals surface area contributed by atoms with Crippen LogP contribution in [0, 0.1) is 0 Å². The molecule has 0 fully saturated rings. The summed E-state index contributed by atoms with van der Waals surface area (Å²) in [5.41, 5.74) is 16.3. The fourth-order valence-corrected chi connectivity index (χ4v) is 2.77. The van der Waals surface area contributed by atoms with Crippen LogP contribution in [0.4, 0.5) is 5.69 Å². The van der Waals surface area contributed by atoms with Gasteiger partial charge in [0.15, 0.2) is 0 Å². The molecular formula is C18H18N2. The molecule has 2 aromatic carbocycles. The van der Waals surface area contributed by atoms with Gasteiger partial charge in [-0.3, -0.25) is 0 Å². The van der Waals surface area contributed by atoms with Crippen molar-refractivity contribution < 1.29 is 0 Å². The van der Waals surface area contributed by atoms with E-state index in [4.69, 9.17) is 11.5 Å². The minimum atomic E-state index is -0.536. The summed E-state index contributed by atoms with van der Waals surface area (Å²) in [5.74, 6) is 0. The average molecular weight is 262 g/mol. The predicted octanol–water partition coefficient (Wildman–Crippen LogP) is 3.61. The molecule has 0 bridgehead atoms. The molecule has 1 aliphatic carbocycles. The van der Waals surface area contributed by atoms with Gasteiger partial charge < -0.3 is 11.5 Å². The van der Waals surface area contributed by atoms with E-state index in [0.717, 1.165) is 28.8 Å². The normalized spacial score (nSPS) is 21.1. The minimum absolute atomic E-state index is 0.536. The number of rotatable bonds is 2. The van der Waals surface area contributed by atoms with E-state index in [1.807, 2.05) is 48.6 Å². The highest BCUT2D eigenvalue weighted by molar-refractivity contribution is 5.75. The zero-order valence-electron chi connectivity index (χ0n) is 11.3. The zero-order valence-corrected chi connectivity index (χ0v) is 11.3. The summed E-state index contributed by atoms with van der Waals surface area (Å²) in [6.07, 6.45) is 8.89. The number of hydrogen-bond donors (Lipinski definition) is 2. The summed E-state index contributed by atoms with van der Waals surface area (Å²) in [7, 11) is 0. The smallest absolute Gasteiger partial charge is 0.0659 e. The molecule has 4 N–H and O–H groups in total. The molecule has 0 radical (unpaired) electrons. The standard InChI is InChI=1S/C18H18N2/c19-16-11-7-10-15(14-8-3-1-4-9-14)17(16)18(20)12-5-2-6-13-18/h1-12H,13,19-20H2. The van der Waals surface area contributed by atoms with E-state index >= 15 is 0 Å². The van der Waals surface area contributed by atoms with Crippen molar-refractivity contribution >= 4 is 5.69 Å². The third-order valence-electron chi connectivity index (χ3n) is 3.74. The molecule has 0 saturated heterocycles. The van der Waals surface area contributed by atoms with Gasteiger partial charge in [0.05, 0.1) is 5.54 Å². The Balaban J connectivity index is 2.20. The van der Waals surface area contributed by atoms with Crippen molar-refractivity contribution in [3.8, 4) is 11.1 Å². The van der Waals surface area contributed by atoms with Crippen LogP contribution < -0.4 is 11.5 Å². The Bertz CT molecular complexity index is 671. The van der Waals surface area contributed by atoms with E-state index in [-0.39, 0.29) is 0 Å². The highest BCUT2D eigenvalue weighted by atomic mass is 14.8. The van der Waals surface area contributed by atoms with Gasteiger partial charge in [0.25, 0.3) is 0 Å². The number of anilines is 1. The number of hydrogen-bond acceptors (Lipinski definition) is 2. The highest BCUT2D eigenvalue weighted by Crippen LogP contribution is 2.38. The molecule has 0 amide bonds. The maximum atomic E-state index is 6.60. The van der Waals surface area contributed by atoms with Crippen LogP contribution in [-0.4, -0.2) is 0 Å². The number of allylic oxidation sites excluding steroid dienone is 2. The Labute approximate surface area is 119 Å². The van der Waals surface area contributed by atoms with Gasteiger partial charge in [-0.25, -0.2) is 0 Å². The Morgan fingerprint density at radius 1 is 0.900 bits per heavy atom. The van der Waals surface area contributed by atoms with E-state index in [1.54, 1.807) is 0 Å². The molecule has 3 rings (SSSR count). The number of nitrogens with two attached hydrogens (primary N) is 2. The topological polar surface area (TPSA) is 52.0 Å². The maximum absolute atomic E-state index is 6.60. The van der Waals surface area contributed by atoms with Crippen LogP contribution in [0.1, 0.15) is 12.0 Å². The molecule has 100 valence electrons. The molecule has 2 aromatic rings. The van der Waals surface area contributed by atoms with E-state index in [2.05, 4.69) is 24.3 Å². The first-order chi connectivity index (χ1) is 9.71. The van der Waals surface area contributed by atoms with Gasteiger partial charge in [0.2, 0.25) is 0 Å². The molecule has 1 unspecified atom stereocenters. The summed E-state index contributed by atoms with van der Waals surface area (Å²) >= 11 is 0. The first-order valence-corrected chi connectivity index (χ1v) is 6.78. The lowest BCUT2D eigenvalue weighted by atomic mass is 9.80. The summed E-state index contributed by atoms with van der Waals surface area (Å²) in [4.78, 5) is 0. The second-order valence-corrected chi connectivity index (χ2v) is 5.17. The molecule has 0 saturated carbocycles. The number of benzene rings is 2. The summed E-state index contributed by atoms with van der Waals surface area (Å²) in [6, 6.07) is 16.2. The quantitative estimate of drug-likeness (QED) is 0.812. The zero-order chi connectivity index (χ0) is 14.0. The first-order valence-electron chi connectivity index (χ1n) is 6.78. The lowest BCUT2D eigenvalue weighted by molar-refractivity contribution is 0.569. The molecule has 2 nitrogen and oxygen atoms in total. The van der Waals surface area contributed by atoms with Crippen molar-refractivity contribution in [2.75, 3.05) is 5.73 Å². The summed E-state index contributed by atoms with van der Waals surface area (Å²) in [5, 5.41) is 0. The van der Waals surface area contributed by atoms with Crippen LogP contribution in [-0.2, 0) is 5.54 Å². The predicted molar refractivity (Wildman–Crippen MR) is 85.1 cm³/mol. The second-order valence-electron chi connectivity index (χ2n) is 5.17. The van der Waals surface area contributed by atoms with Crippen molar-refractivity contribution in [3.05, 3.63) is 78.4 Å². The van der Waals surface area contributed by atoms with Crippen LogP contribution >= 0.6 is 0 Å². The molecular weight excluding hydrogens is 244 g/mol. The molecule has 20 heavy (non-hydrogen) atoms. The Morgan fingerprint density at radius 3 is 2.40 bits per heavy atom. The van der Waals surface area contributed by atoms with Gasteiger partial charge in [-0.2, -0.15) is 0 Å². The van der Waals surface area contributed by atoms with Gasteiger partial charge in [0.1, 0.15) is 0 Å². The SMILES string of the molecule is Nc1cccc(-c2ccccc2)c1C1(N)C=CC=CC1. The summed E-state index contributed by atoms with van der Waals surface area (Å²) < 4.78 is 0. The van der Waals surface area contributed by atoms with Gasteiger partial charge >= 0.3 is 0 Å². The monoisotopic (exact) mass is 262 g/mol. The first kappa shape index (κ1) is 12.7. The number of nitrogen functional groups attached to an aromatic ring is 1. The van der Waals surface area contributed by atoms with Crippen molar-refractivity contribution in [2.45, 2.75) is 12.0 Å². The van der Waals surface area contributed by atoms with Crippen molar-refractivity contribution in [1.82, 2.24) is 0 Å².